The lowest BCUT2D eigenvalue weighted by molar-refractivity contribution is 0.106. The molecule has 84 valence electrons. The van der Waals surface area contributed by atoms with Crippen LogP contribution in [0.1, 0.15) is 26.7 Å². The molecule has 0 amide bonds. The van der Waals surface area contributed by atoms with Crippen molar-refractivity contribution in [1.29, 1.82) is 0 Å². The van der Waals surface area contributed by atoms with Gasteiger partial charge in [0.25, 0.3) is 0 Å². The highest BCUT2D eigenvalue weighted by Gasteiger charge is 2.23. The molecule has 0 bridgehead atoms. The molecule has 14 heavy (non-hydrogen) atoms. The Morgan fingerprint density at radius 3 is 2.79 bits per heavy atom. The minimum atomic E-state index is 0.467. The van der Waals surface area contributed by atoms with E-state index in [1.165, 1.54) is 25.9 Å². The van der Waals surface area contributed by atoms with Crippen LogP contribution in [0.5, 0.6) is 0 Å². The zero-order valence-electron chi connectivity index (χ0n) is 9.75. The summed E-state index contributed by atoms with van der Waals surface area (Å²) in [5, 5.41) is 3.51. The standard InChI is InChI=1S/C11H24N2O/c1-4-10(12-5-2)8-13-7-6-11(9-13)14-3/h10-12H,4-9H2,1-3H3. The fourth-order valence-electron chi connectivity index (χ4n) is 2.09. The summed E-state index contributed by atoms with van der Waals surface area (Å²) >= 11 is 0. The van der Waals surface area contributed by atoms with Crippen LogP contribution in [-0.2, 0) is 4.74 Å². The van der Waals surface area contributed by atoms with Crippen LogP contribution in [0.3, 0.4) is 0 Å². The Morgan fingerprint density at radius 1 is 1.50 bits per heavy atom. The molecule has 0 spiro atoms. The van der Waals surface area contributed by atoms with E-state index in [1.54, 1.807) is 0 Å². The van der Waals surface area contributed by atoms with Gasteiger partial charge in [0.1, 0.15) is 0 Å². The third-order valence-electron chi connectivity index (χ3n) is 3.03. The van der Waals surface area contributed by atoms with Gasteiger partial charge in [-0.05, 0) is 19.4 Å². The van der Waals surface area contributed by atoms with Crippen molar-refractivity contribution in [2.45, 2.75) is 38.8 Å². The molecule has 1 aliphatic rings. The van der Waals surface area contributed by atoms with Crippen LogP contribution in [0.4, 0.5) is 0 Å². The van der Waals surface area contributed by atoms with Gasteiger partial charge in [-0.2, -0.15) is 0 Å². The molecule has 0 aromatic carbocycles. The van der Waals surface area contributed by atoms with E-state index in [0.717, 1.165) is 13.1 Å². The van der Waals surface area contributed by atoms with Gasteiger partial charge in [0.05, 0.1) is 6.10 Å². The van der Waals surface area contributed by atoms with Crippen LogP contribution in [0.15, 0.2) is 0 Å². The van der Waals surface area contributed by atoms with Crippen molar-refractivity contribution < 1.29 is 4.74 Å². The fourth-order valence-corrected chi connectivity index (χ4v) is 2.09. The number of hydrogen-bond donors (Lipinski definition) is 1. The van der Waals surface area contributed by atoms with Crippen LogP contribution in [0, 0.1) is 0 Å². The van der Waals surface area contributed by atoms with Gasteiger partial charge < -0.3 is 10.1 Å². The smallest absolute Gasteiger partial charge is 0.0710 e. The number of rotatable bonds is 6. The molecule has 1 aliphatic heterocycles. The number of likely N-dealkylation sites (N-methyl/N-ethyl adjacent to an activating group) is 1. The van der Waals surface area contributed by atoms with Crippen LogP contribution >= 0.6 is 0 Å². The summed E-state index contributed by atoms with van der Waals surface area (Å²) in [6.07, 6.45) is 2.87. The number of nitrogens with one attached hydrogen (secondary N) is 1. The monoisotopic (exact) mass is 200 g/mol. The summed E-state index contributed by atoms with van der Waals surface area (Å²) in [6, 6.07) is 0.649. The van der Waals surface area contributed by atoms with Crippen LogP contribution < -0.4 is 5.32 Å². The molecule has 1 rings (SSSR count). The molecule has 1 heterocycles. The zero-order valence-corrected chi connectivity index (χ0v) is 9.75. The lowest BCUT2D eigenvalue weighted by Gasteiger charge is -2.23. The quantitative estimate of drug-likeness (QED) is 0.695. The summed E-state index contributed by atoms with van der Waals surface area (Å²) < 4.78 is 5.35. The normalized spacial score (nSPS) is 25.5. The Bertz CT molecular complexity index is 152. The first-order valence-electron chi connectivity index (χ1n) is 5.78. The second-order valence-electron chi connectivity index (χ2n) is 4.07. The number of ether oxygens (including phenoxy) is 1. The molecule has 1 saturated heterocycles. The summed E-state index contributed by atoms with van der Waals surface area (Å²) in [4.78, 5) is 2.50. The highest BCUT2D eigenvalue weighted by atomic mass is 16.5. The lowest BCUT2D eigenvalue weighted by atomic mass is 10.2. The largest absolute Gasteiger partial charge is 0.380 e. The van der Waals surface area contributed by atoms with Crippen LogP contribution in [-0.4, -0.2) is 50.3 Å². The topological polar surface area (TPSA) is 24.5 Å². The number of hydrogen-bond acceptors (Lipinski definition) is 3. The van der Waals surface area contributed by atoms with Gasteiger partial charge in [0, 0.05) is 32.8 Å². The summed E-state index contributed by atoms with van der Waals surface area (Å²) in [5.41, 5.74) is 0. The highest BCUT2D eigenvalue weighted by molar-refractivity contribution is 4.79. The Hall–Kier alpha value is -0.120. The Labute approximate surface area is 87.8 Å². The van der Waals surface area contributed by atoms with E-state index in [4.69, 9.17) is 4.74 Å². The molecular weight excluding hydrogens is 176 g/mol. The zero-order chi connectivity index (χ0) is 10.4. The van der Waals surface area contributed by atoms with E-state index in [-0.39, 0.29) is 0 Å². The van der Waals surface area contributed by atoms with Crippen molar-refractivity contribution in [3.05, 3.63) is 0 Å². The van der Waals surface area contributed by atoms with Crippen molar-refractivity contribution in [2.75, 3.05) is 33.3 Å². The number of nitrogens with zero attached hydrogens (tertiary/aromatic N) is 1. The predicted molar refractivity (Wildman–Crippen MR) is 59.6 cm³/mol. The third kappa shape index (κ3) is 3.56. The molecule has 0 saturated carbocycles. The molecule has 2 unspecified atom stereocenters. The van der Waals surface area contributed by atoms with Crippen molar-refractivity contribution in [3.8, 4) is 0 Å². The van der Waals surface area contributed by atoms with Gasteiger partial charge in [-0.1, -0.05) is 13.8 Å². The van der Waals surface area contributed by atoms with Gasteiger partial charge in [0.15, 0.2) is 0 Å². The maximum atomic E-state index is 5.35. The molecule has 3 heteroatoms. The van der Waals surface area contributed by atoms with Crippen molar-refractivity contribution in [2.24, 2.45) is 0 Å². The predicted octanol–water partition coefficient (Wildman–Crippen LogP) is 1.10. The third-order valence-corrected chi connectivity index (χ3v) is 3.03. The highest BCUT2D eigenvalue weighted by Crippen LogP contribution is 2.12. The molecule has 1 fully saturated rings. The van der Waals surface area contributed by atoms with E-state index in [2.05, 4.69) is 24.1 Å². The van der Waals surface area contributed by atoms with Crippen molar-refractivity contribution >= 4 is 0 Å². The Balaban J connectivity index is 2.22. The molecular formula is C11H24N2O. The number of methoxy groups -OCH3 is 1. The van der Waals surface area contributed by atoms with Crippen molar-refractivity contribution in [3.63, 3.8) is 0 Å². The van der Waals surface area contributed by atoms with Gasteiger partial charge >= 0.3 is 0 Å². The van der Waals surface area contributed by atoms with E-state index in [9.17, 15) is 0 Å². The fraction of sp³-hybridized carbons (Fsp3) is 1.00. The van der Waals surface area contributed by atoms with Gasteiger partial charge in [-0.3, -0.25) is 4.90 Å². The van der Waals surface area contributed by atoms with E-state index < -0.39 is 0 Å². The average Bonchev–Trinajstić information content (AvgIpc) is 2.65. The molecule has 3 nitrogen and oxygen atoms in total. The molecule has 0 aromatic rings. The van der Waals surface area contributed by atoms with Crippen molar-refractivity contribution in [1.82, 2.24) is 10.2 Å². The average molecular weight is 200 g/mol. The van der Waals surface area contributed by atoms with Crippen LogP contribution in [0.2, 0.25) is 0 Å². The second kappa shape index (κ2) is 6.38. The van der Waals surface area contributed by atoms with E-state index in [1.807, 2.05) is 7.11 Å². The van der Waals surface area contributed by atoms with Gasteiger partial charge in [-0.15, -0.1) is 0 Å². The maximum absolute atomic E-state index is 5.35. The molecule has 0 aromatic heterocycles. The van der Waals surface area contributed by atoms with Gasteiger partial charge in [-0.25, -0.2) is 0 Å². The second-order valence-corrected chi connectivity index (χ2v) is 4.07. The Morgan fingerprint density at radius 2 is 2.29 bits per heavy atom. The van der Waals surface area contributed by atoms with E-state index in [0.29, 0.717) is 12.1 Å². The first-order valence-corrected chi connectivity index (χ1v) is 5.78. The lowest BCUT2D eigenvalue weighted by Crippen LogP contribution is -2.40. The Kier molecular flexibility index (Phi) is 5.45. The van der Waals surface area contributed by atoms with E-state index >= 15 is 0 Å². The molecule has 0 aliphatic carbocycles. The first-order chi connectivity index (χ1) is 6.80. The minimum absolute atomic E-state index is 0.467. The summed E-state index contributed by atoms with van der Waals surface area (Å²) in [7, 11) is 1.82. The molecule has 0 radical (unpaired) electrons. The molecule has 2 atom stereocenters. The number of likely N-dealkylation sites (tertiary alicyclic amines) is 1. The minimum Gasteiger partial charge on any atom is -0.380 e. The first kappa shape index (κ1) is 12.0. The summed E-state index contributed by atoms with van der Waals surface area (Å²) in [6.45, 7) is 8.96. The molecule has 1 N–H and O–H groups in total. The maximum Gasteiger partial charge on any atom is 0.0710 e. The SMILES string of the molecule is CCNC(CC)CN1CCC(OC)C1. The summed E-state index contributed by atoms with van der Waals surface area (Å²) in [5.74, 6) is 0. The van der Waals surface area contributed by atoms with Crippen LogP contribution in [0.25, 0.3) is 0 Å². The van der Waals surface area contributed by atoms with Gasteiger partial charge in [0.2, 0.25) is 0 Å².